The summed E-state index contributed by atoms with van der Waals surface area (Å²) in [5.74, 6) is 1.12. The molecule has 0 aliphatic heterocycles. The summed E-state index contributed by atoms with van der Waals surface area (Å²) in [5.41, 5.74) is 3.01. The van der Waals surface area contributed by atoms with E-state index in [1.807, 2.05) is 48.5 Å². The Morgan fingerprint density at radius 1 is 0.966 bits per heavy atom. The summed E-state index contributed by atoms with van der Waals surface area (Å²) in [7, 11) is 1.63. The summed E-state index contributed by atoms with van der Waals surface area (Å²) in [5, 5.41) is 1.41. The van der Waals surface area contributed by atoms with Crippen LogP contribution >= 0.6 is 11.6 Å². The lowest BCUT2D eigenvalue weighted by molar-refractivity contribution is -0.131. The number of aromatic nitrogens is 2. The van der Waals surface area contributed by atoms with Crippen molar-refractivity contribution in [2.75, 3.05) is 7.11 Å². The molecule has 4 rings (SSSR count). The maximum absolute atomic E-state index is 11.5. The molecule has 1 heterocycles. The van der Waals surface area contributed by atoms with E-state index in [0.29, 0.717) is 22.2 Å². The van der Waals surface area contributed by atoms with Crippen LogP contribution in [0.25, 0.3) is 33.5 Å². The second-order valence-corrected chi connectivity index (χ2v) is 6.81. The Balaban J connectivity index is 1.95. The van der Waals surface area contributed by atoms with E-state index in [0.717, 1.165) is 27.9 Å². The van der Waals surface area contributed by atoms with Gasteiger partial charge in [0.05, 0.1) is 23.9 Å². The van der Waals surface area contributed by atoms with Crippen molar-refractivity contribution in [3.8, 4) is 34.1 Å². The molecule has 0 bridgehead atoms. The number of nitrogens with zero attached hydrogens (tertiary/aromatic N) is 2. The number of benzene rings is 3. The summed E-state index contributed by atoms with van der Waals surface area (Å²) in [6.45, 7) is 1.35. The number of fused-ring (bicyclic) bond motifs is 1. The molecule has 0 unspecified atom stereocenters. The average Bonchev–Trinajstić information content (AvgIpc) is 2.74. The van der Waals surface area contributed by atoms with E-state index in [2.05, 4.69) is 4.98 Å². The largest absolute Gasteiger partial charge is 0.497 e. The van der Waals surface area contributed by atoms with Crippen molar-refractivity contribution >= 4 is 28.5 Å². The minimum Gasteiger partial charge on any atom is -0.497 e. The molecule has 0 N–H and O–H groups in total. The second kappa shape index (κ2) is 7.89. The van der Waals surface area contributed by atoms with Crippen molar-refractivity contribution in [1.29, 1.82) is 0 Å². The predicted octanol–water partition coefficient (Wildman–Crippen LogP) is 5.55. The minimum atomic E-state index is -0.426. The maximum Gasteiger partial charge on any atom is 0.308 e. The van der Waals surface area contributed by atoms with Crippen LogP contribution in [0.2, 0.25) is 5.02 Å². The Kier molecular flexibility index (Phi) is 5.14. The lowest BCUT2D eigenvalue weighted by Gasteiger charge is -2.12. The van der Waals surface area contributed by atoms with Gasteiger partial charge in [-0.15, -0.1) is 0 Å². The first-order chi connectivity index (χ1) is 14.0. The Labute approximate surface area is 172 Å². The summed E-state index contributed by atoms with van der Waals surface area (Å²) >= 11 is 6.20. The molecule has 0 saturated heterocycles. The highest BCUT2D eigenvalue weighted by molar-refractivity contribution is 6.31. The fourth-order valence-corrected chi connectivity index (χ4v) is 3.26. The molecule has 0 radical (unpaired) electrons. The van der Waals surface area contributed by atoms with Crippen molar-refractivity contribution in [1.82, 2.24) is 9.97 Å². The van der Waals surface area contributed by atoms with E-state index in [-0.39, 0.29) is 0 Å². The number of halogens is 1. The third-order valence-electron chi connectivity index (χ3n) is 4.40. The lowest BCUT2D eigenvalue weighted by Crippen LogP contribution is -2.04. The van der Waals surface area contributed by atoms with Gasteiger partial charge in [-0.1, -0.05) is 29.8 Å². The number of carbonyl (C=O) groups excluding carboxylic acids is 1. The molecule has 0 aliphatic rings. The van der Waals surface area contributed by atoms with Crippen LogP contribution in [0, 0.1) is 0 Å². The SMILES string of the molecule is COc1ccc(-c2nc(-c3cc(Cl)ccc3OC(C)=O)nc3ccccc23)cc1. The topological polar surface area (TPSA) is 61.3 Å². The molecule has 144 valence electrons. The highest BCUT2D eigenvalue weighted by atomic mass is 35.5. The van der Waals surface area contributed by atoms with Crippen molar-refractivity contribution in [2.45, 2.75) is 6.92 Å². The summed E-state index contributed by atoms with van der Waals surface area (Å²) in [4.78, 5) is 21.0. The predicted molar refractivity (Wildman–Crippen MR) is 113 cm³/mol. The molecule has 1 aromatic heterocycles. The number of esters is 1. The monoisotopic (exact) mass is 404 g/mol. The zero-order valence-electron chi connectivity index (χ0n) is 15.8. The summed E-state index contributed by atoms with van der Waals surface area (Å²) < 4.78 is 10.6. The summed E-state index contributed by atoms with van der Waals surface area (Å²) in [6, 6.07) is 20.4. The first-order valence-electron chi connectivity index (χ1n) is 8.94. The van der Waals surface area contributed by atoms with E-state index < -0.39 is 5.97 Å². The zero-order valence-corrected chi connectivity index (χ0v) is 16.6. The molecule has 0 atom stereocenters. The number of para-hydroxylation sites is 1. The minimum absolute atomic E-state index is 0.359. The van der Waals surface area contributed by atoms with Crippen molar-refractivity contribution in [2.24, 2.45) is 0 Å². The van der Waals surface area contributed by atoms with Gasteiger partial charge >= 0.3 is 5.97 Å². The van der Waals surface area contributed by atoms with E-state index >= 15 is 0 Å². The average molecular weight is 405 g/mol. The van der Waals surface area contributed by atoms with Gasteiger partial charge in [0.1, 0.15) is 11.5 Å². The van der Waals surface area contributed by atoms with Crippen LogP contribution in [0.1, 0.15) is 6.92 Å². The van der Waals surface area contributed by atoms with Gasteiger partial charge in [0, 0.05) is 22.9 Å². The second-order valence-electron chi connectivity index (χ2n) is 6.38. The van der Waals surface area contributed by atoms with Crippen LogP contribution in [-0.4, -0.2) is 23.0 Å². The summed E-state index contributed by atoms with van der Waals surface area (Å²) in [6.07, 6.45) is 0. The number of hydrogen-bond donors (Lipinski definition) is 0. The van der Waals surface area contributed by atoms with Gasteiger partial charge in [0.2, 0.25) is 0 Å². The molecule has 4 aromatic rings. The normalized spacial score (nSPS) is 10.7. The fourth-order valence-electron chi connectivity index (χ4n) is 3.09. The quantitative estimate of drug-likeness (QED) is 0.329. The van der Waals surface area contributed by atoms with Crippen LogP contribution in [0.15, 0.2) is 66.7 Å². The van der Waals surface area contributed by atoms with E-state index in [9.17, 15) is 4.79 Å². The molecule has 0 fully saturated rings. The van der Waals surface area contributed by atoms with Gasteiger partial charge in [-0.3, -0.25) is 4.79 Å². The molecule has 5 nitrogen and oxygen atoms in total. The van der Waals surface area contributed by atoms with Crippen molar-refractivity contribution < 1.29 is 14.3 Å². The number of carbonyl (C=O) groups is 1. The van der Waals surface area contributed by atoms with E-state index in [1.54, 1.807) is 25.3 Å². The molecule has 0 aliphatic carbocycles. The molecule has 0 amide bonds. The molecular weight excluding hydrogens is 388 g/mol. The third kappa shape index (κ3) is 3.91. The Morgan fingerprint density at radius 3 is 2.45 bits per heavy atom. The van der Waals surface area contributed by atoms with E-state index in [1.165, 1.54) is 6.92 Å². The van der Waals surface area contributed by atoms with Gasteiger partial charge in [-0.25, -0.2) is 9.97 Å². The number of ether oxygens (including phenoxy) is 2. The van der Waals surface area contributed by atoms with Crippen LogP contribution < -0.4 is 9.47 Å². The molecular formula is C23H17ClN2O3. The molecule has 0 spiro atoms. The van der Waals surface area contributed by atoms with E-state index in [4.69, 9.17) is 26.1 Å². The van der Waals surface area contributed by atoms with Gasteiger partial charge in [-0.05, 0) is 48.5 Å². The van der Waals surface area contributed by atoms with Gasteiger partial charge in [-0.2, -0.15) is 0 Å². The maximum atomic E-state index is 11.5. The highest BCUT2D eigenvalue weighted by Crippen LogP contribution is 2.35. The van der Waals surface area contributed by atoms with Crippen LogP contribution in [0.5, 0.6) is 11.5 Å². The Morgan fingerprint density at radius 2 is 1.72 bits per heavy atom. The molecule has 3 aromatic carbocycles. The number of methoxy groups -OCH3 is 1. The lowest BCUT2D eigenvalue weighted by atomic mass is 10.1. The Hall–Kier alpha value is -3.44. The van der Waals surface area contributed by atoms with Crippen molar-refractivity contribution in [3.05, 3.63) is 71.8 Å². The highest BCUT2D eigenvalue weighted by Gasteiger charge is 2.16. The van der Waals surface area contributed by atoms with Crippen molar-refractivity contribution in [3.63, 3.8) is 0 Å². The molecule has 29 heavy (non-hydrogen) atoms. The Bertz CT molecular complexity index is 1210. The van der Waals surface area contributed by atoms with Crippen LogP contribution in [-0.2, 0) is 4.79 Å². The smallest absolute Gasteiger partial charge is 0.308 e. The first-order valence-corrected chi connectivity index (χ1v) is 9.32. The number of rotatable bonds is 4. The standard InChI is InChI=1S/C23H17ClN2O3/c1-14(27)29-21-12-9-16(24)13-19(21)23-25-20-6-4-3-5-18(20)22(26-23)15-7-10-17(28-2)11-8-15/h3-13H,1-2H3. The molecule has 6 heteroatoms. The fraction of sp³-hybridized carbons (Fsp3) is 0.0870. The van der Waals surface area contributed by atoms with Gasteiger partial charge < -0.3 is 9.47 Å². The molecule has 0 saturated carbocycles. The van der Waals surface area contributed by atoms with Crippen LogP contribution in [0.4, 0.5) is 0 Å². The first kappa shape index (κ1) is 18.9. The van der Waals surface area contributed by atoms with Gasteiger partial charge in [0.15, 0.2) is 5.82 Å². The number of hydrogen-bond acceptors (Lipinski definition) is 5. The zero-order chi connectivity index (χ0) is 20.4. The van der Waals surface area contributed by atoms with Crippen LogP contribution in [0.3, 0.4) is 0 Å². The third-order valence-corrected chi connectivity index (χ3v) is 4.64. The van der Waals surface area contributed by atoms with Gasteiger partial charge in [0.25, 0.3) is 0 Å².